The zero-order chi connectivity index (χ0) is 23.5. The monoisotopic (exact) mass is 443 g/mol. The molecule has 33 heavy (non-hydrogen) atoms. The molecule has 3 aromatic carbocycles. The van der Waals surface area contributed by atoms with E-state index in [4.69, 9.17) is 0 Å². The average Bonchev–Trinajstić information content (AvgIpc) is 2.84. The number of carbonyl (C=O) groups is 3. The van der Waals surface area contributed by atoms with E-state index in [-0.39, 0.29) is 17.7 Å². The van der Waals surface area contributed by atoms with Gasteiger partial charge in [-0.25, -0.2) is 0 Å². The average molecular weight is 444 g/mol. The van der Waals surface area contributed by atoms with Crippen molar-refractivity contribution in [2.24, 2.45) is 0 Å². The molecule has 0 aliphatic carbocycles. The van der Waals surface area contributed by atoms with Gasteiger partial charge in [0.2, 0.25) is 11.8 Å². The molecule has 0 spiro atoms. The van der Waals surface area contributed by atoms with Gasteiger partial charge in [-0.2, -0.15) is 0 Å². The van der Waals surface area contributed by atoms with Crippen LogP contribution in [0.2, 0.25) is 0 Å². The van der Waals surface area contributed by atoms with Gasteiger partial charge in [0.05, 0.1) is 0 Å². The molecule has 0 aliphatic rings. The number of anilines is 1. The van der Waals surface area contributed by atoms with E-state index in [1.54, 1.807) is 24.3 Å². The maximum atomic E-state index is 13.0. The molecule has 1 unspecified atom stereocenters. The summed E-state index contributed by atoms with van der Waals surface area (Å²) in [4.78, 5) is 37.4. The van der Waals surface area contributed by atoms with Crippen molar-refractivity contribution in [3.05, 3.63) is 102 Å². The van der Waals surface area contributed by atoms with E-state index in [0.29, 0.717) is 24.9 Å². The summed E-state index contributed by atoms with van der Waals surface area (Å²) >= 11 is 0. The van der Waals surface area contributed by atoms with Crippen LogP contribution in [0.4, 0.5) is 5.69 Å². The number of nitrogens with one attached hydrogen (secondary N) is 3. The molecule has 3 N–H and O–H groups in total. The second-order valence-corrected chi connectivity index (χ2v) is 7.79. The van der Waals surface area contributed by atoms with Crippen molar-refractivity contribution in [3.63, 3.8) is 0 Å². The Kier molecular flexibility index (Phi) is 8.77. The summed E-state index contributed by atoms with van der Waals surface area (Å²) < 4.78 is 0. The number of hydrogen-bond acceptors (Lipinski definition) is 3. The van der Waals surface area contributed by atoms with Crippen molar-refractivity contribution >= 4 is 23.4 Å². The van der Waals surface area contributed by atoms with Gasteiger partial charge in [0.15, 0.2) is 0 Å². The first kappa shape index (κ1) is 23.7. The maximum Gasteiger partial charge on any atom is 0.251 e. The molecular weight excluding hydrogens is 414 g/mol. The van der Waals surface area contributed by atoms with Gasteiger partial charge >= 0.3 is 0 Å². The highest BCUT2D eigenvalue weighted by molar-refractivity contribution is 5.97. The standard InChI is InChI=1S/C27H29N3O3/c1-2-9-25(31)29-23-16-14-21(15-17-23)19-28-27(33)24(18-20-10-5-3-6-11-20)30-26(32)22-12-7-4-8-13-22/h3-8,10-17,24H,2,9,18-19H2,1H3,(H,28,33)(H,29,31)(H,30,32). The molecule has 3 rings (SSSR count). The number of benzene rings is 3. The summed E-state index contributed by atoms with van der Waals surface area (Å²) in [5.74, 6) is -0.571. The summed E-state index contributed by atoms with van der Waals surface area (Å²) in [6, 6.07) is 25.1. The summed E-state index contributed by atoms with van der Waals surface area (Å²) in [7, 11) is 0. The van der Waals surface area contributed by atoms with E-state index in [0.717, 1.165) is 23.2 Å². The fraction of sp³-hybridized carbons (Fsp3) is 0.222. The molecule has 6 heteroatoms. The lowest BCUT2D eigenvalue weighted by Gasteiger charge is -2.19. The zero-order valence-corrected chi connectivity index (χ0v) is 18.7. The highest BCUT2D eigenvalue weighted by atomic mass is 16.2. The fourth-order valence-electron chi connectivity index (χ4n) is 3.36. The zero-order valence-electron chi connectivity index (χ0n) is 18.7. The largest absolute Gasteiger partial charge is 0.350 e. The number of carbonyl (C=O) groups excluding carboxylic acids is 3. The Morgan fingerprint density at radius 3 is 2.06 bits per heavy atom. The summed E-state index contributed by atoms with van der Waals surface area (Å²) in [5.41, 5.74) is 3.08. The fourth-order valence-corrected chi connectivity index (χ4v) is 3.36. The van der Waals surface area contributed by atoms with Crippen LogP contribution in [0.25, 0.3) is 0 Å². The van der Waals surface area contributed by atoms with Crippen LogP contribution in [0.5, 0.6) is 0 Å². The summed E-state index contributed by atoms with van der Waals surface area (Å²) in [6.45, 7) is 2.27. The van der Waals surface area contributed by atoms with Crippen LogP contribution < -0.4 is 16.0 Å². The van der Waals surface area contributed by atoms with E-state index >= 15 is 0 Å². The molecule has 0 aromatic heterocycles. The first-order valence-electron chi connectivity index (χ1n) is 11.1. The van der Waals surface area contributed by atoms with Crippen molar-refractivity contribution in [2.45, 2.75) is 38.8 Å². The third-order valence-electron chi connectivity index (χ3n) is 5.12. The molecule has 3 aromatic rings. The van der Waals surface area contributed by atoms with Crippen LogP contribution in [0.1, 0.15) is 41.3 Å². The van der Waals surface area contributed by atoms with Gasteiger partial charge in [0, 0.05) is 30.6 Å². The minimum Gasteiger partial charge on any atom is -0.350 e. The molecule has 1 atom stereocenters. The topological polar surface area (TPSA) is 87.3 Å². The lowest BCUT2D eigenvalue weighted by Crippen LogP contribution is -2.47. The molecule has 0 fully saturated rings. The molecule has 0 saturated carbocycles. The number of rotatable bonds is 10. The van der Waals surface area contributed by atoms with Gasteiger partial charge in [-0.1, -0.05) is 67.6 Å². The third kappa shape index (κ3) is 7.61. The Hall–Kier alpha value is -3.93. The smallest absolute Gasteiger partial charge is 0.251 e. The van der Waals surface area contributed by atoms with Gasteiger partial charge in [-0.05, 0) is 41.8 Å². The lowest BCUT2D eigenvalue weighted by molar-refractivity contribution is -0.123. The maximum absolute atomic E-state index is 13.0. The van der Waals surface area contributed by atoms with Crippen molar-refractivity contribution in [1.82, 2.24) is 10.6 Å². The van der Waals surface area contributed by atoms with Gasteiger partial charge in [-0.15, -0.1) is 0 Å². The Balaban J connectivity index is 1.63. The minimum atomic E-state index is -0.715. The SMILES string of the molecule is CCCC(=O)Nc1ccc(CNC(=O)C(Cc2ccccc2)NC(=O)c2ccccc2)cc1. The van der Waals surface area contributed by atoms with E-state index in [1.165, 1.54) is 0 Å². The van der Waals surface area contributed by atoms with E-state index < -0.39 is 6.04 Å². The molecule has 0 saturated heterocycles. The second kappa shape index (κ2) is 12.2. The molecule has 0 bridgehead atoms. The predicted molar refractivity (Wildman–Crippen MR) is 130 cm³/mol. The highest BCUT2D eigenvalue weighted by Gasteiger charge is 2.21. The Morgan fingerprint density at radius 2 is 1.42 bits per heavy atom. The minimum absolute atomic E-state index is 0.0172. The Labute approximate surface area is 194 Å². The molecular formula is C27H29N3O3. The van der Waals surface area contributed by atoms with Crippen LogP contribution >= 0.6 is 0 Å². The molecule has 6 nitrogen and oxygen atoms in total. The molecule has 170 valence electrons. The van der Waals surface area contributed by atoms with Crippen LogP contribution in [0.15, 0.2) is 84.9 Å². The normalized spacial score (nSPS) is 11.3. The highest BCUT2D eigenvalue weighted by Crippen LogP contribution is 2.11. The van der Waals surface area contributed by atoms with E-state index in [2.05, 4.69) is 16.0 Å². The molecule has 0 radical (unpaired) electrons. The van der Waals surface area contributed by atoms with E-state index in [9.17, 15) is 14.4 Å². The van der Waals surface area contributed by atoms with Gasteiger partial charge < -0.3 is 16.0 Å². The number of amides is 3. The van der Waals surface area contributed by atoms with Gasteiger partial charge in [0.1, 0.15) is 6.04 Å². The molecule has 3 amide bonds. The van der Waals surface area contributed by atoms with Gasteiger partial charge in [0.25, 0.3) is 5.91 Å². The quantitative estimate of drug-likeness (QED) is 0.441. The predicted octanol–water partition coefficient (Wildman–Crippen LogP) is 4.08. The van der Waals surface area contributed by atoms with Crippen molar-refractivity contribution in [2.75, 3.05) is 5.32 Å². The van der Waals surface area contributed by atoms with Gasteiger partial charge in [-0.3, -0.25) is 14.4 Å². The lowest BCUT2D eigenvalue weighted by atomic mass is 10.0. The summed E-state index contributed by atoms with van der Waals surface area (Å²) in [5, 5.41) is 8.62. The Bertz CT molecular complexity index is 1050. The Morgan fingerprint density at radius 1 is 0.788 bits per heavy atom. The first-order valence-corrected chi connectivity index (χ1v) is 11.1. The van der Waals surface area contributed by atoms with Crippen molar-refractivity contribution in [1.29, 1.82) is 0 Å². The van der Waals surface area contributed by atoms with Crippen LogP contribution in [0, 0.1) is 0 Å². The third-order valence-corrected chi connectivity index (χ3v) is 5.12. The van der Waals surface area contributed by atoms with Crippen LogP contribution in [0.3, 0.4) is 0 Å². The van der Waals surface area contributed by atoms with Crippen LogP contribution in [-0.2, 0) is 22.6 Å². The van der Waals surface area contributed by atoms with E-state index in [1.807, 2.05) is 67.6 Å². The molecule has 0 heterocycles. The molecule has 0 aliphatic heterocycles. The second-order valence-electron chi connectivity index (χ2n) is 7.79. The summed E-state index contributed by atoms with van der Waals surface area (Å²) in [6.07, 6.45) is 1.66. The van der Waals surface area contributed by atoms with Crippen molar-refractivity contribution < 1.29 is 14.4 Å². The van der Waals surface area contributed by atoms with Crippen LogP contribution in [-0.4, -0.2) is 23.8 Å². The number of hydrogen-bond donors (Lipinski definition) is 3. The van der Waals surface area contributed by atoms with Crippen molar-refractivity contribution in [3.8, 4) is 0 Å². The first-order chi connectivity index (χ1) is 16.0.